The molecule has 10 nitrogen and oxygen atoms in total. The van der Waals surface area contributed by atoms with Gasteiger partial charge in [-0.2, -0.15) is 10.1 Å². The molecule has 3 aromatic heterocycles. The fraction of sp³-hybridized carbons (Fsp3) is 0.348. The van der Waals surface area contributed by atoms with Crippen molar-refractivity contribution in [2.24, 2.45) is 7.05 Å². The molecule has 1 amide bonds. The van der Waals surface area contributed by atoms with Gasteiger partial charge in [0.25, 0.3) is 5.91 Å². The maximum Gasteiger partial charge on any atom is 0.316 e. The summed E-state index contributed by atoms with van der Waals surface area (Å²) >= 11 is 0. The zero-order valence-electron chi connectivity index (χ0n) is 19.3. The van der Waals surface area contributed by atoms with Crippen LogP contribution in [0.1, 0.15) is 24.2 Å². The Labute approximate surface area is 195 Å². The van der Waals surface area contributed by atoms with Crippen molar-refractivity contribution in [1.29, 1.82) is 0 Å². The number of methoxy groups -OCH3 is 1. The maximum atomic E-state index is 14.5. The highest BCUT2D eigenvalue weighted by Crippen LogP contribution is 2.29. The van der Waals surface area contributed by atoms with Gasteiger partial charge in [-0.25, -0.2) is 14.4 Å². The van der Waals surface area contributed by atoms with Crippen molar-refractivity contribution in [2.75, 3.05) is 30.4 Å². The third kappa shape index (κ3) is 3.98. The summed E-state index contributed by atoms with van der Waals surface area (Å²) < 4.78 is 21.2. The molecule has 0 saturated carbocycles. The minimum atomic E-state index is -0.516. The number of hydrogen-bond acceptors (Lipinski definition) is 8. The van der Waals surface area contributed by atoms with E-state index in [1.54, 1.807) is 25.5 Å². The molecule has 0 radical (unpaired) electrons. The van der Waals surface area contributed by atoms with Crippen molar-refractivity contribution in [3.8, 4) is 6.01 Å². The number of nitrogens with one attached hydrogen (secondary N) is 2. The summed E-state index contributed by atoms with van der Waals surface area (Å²) in [5.74, 6) is -0.274. The van der Waals surface area contributed by atoms with Crippen LogP contribution in [-0.4, -0.2) is 62.9 Å². The molecule has 5 rings (SSSR count). The fourth-order valence-corrected chi connectivity index (χ4v) is 4.49. The number of carbonyl (C=O) groups is 1. The van der Waals surface area contributed by atoms with Crippen LogP contribution >= 0.6 is 0 Å². The highest BCUT2D eigenvalue weighted by molar-refractivity contribution is 6.13. The molecular weight excluding hydrogens is 439 g/mol. The molecule has 1 saturated heterocycles. The quantitative estimate of drug-likeness (QED) is 0.474. The van der Waals surface area contributed by atoms with E-state index in [0.717, 1.165) is 13.1 Å². The van der Waals surface area contributed by atoms with Crippen LogP contribution in [-0.2, 0) is 7.05 Å². The summed E-state index contributed by atoms with van der Waals surface area (Å²) in [5, 5.41) is 11.6. The summed E-state index contributed by atoms with van der Waals surface area (Å²) in [6, 6.07) is 3.62. The molecule has 2 atom stereocenters. The Morgan fingerprint density at radius 2 is 1.94 bits per heavy atom. The second-order valence-electron chi connectivity index (χ2n) is 8.64. The number of aryl methyl sites for hydroxylation is 1. The molecule has 34 heavy (non-hydrogen) atoms. The Balaban J connectivity index is 1.54. The van der Waals surface area contributed by atoms with Gasteiger partial charge in [0, 0.05) is 61.9 Å². The van der Waals surface area contributed by atoms with E-state index in [0.29, 0.717) is 27.8 Å². The minimum absolute atomic E-state index is 0.142. The van der Waals surface area contributed by atoms with Crippen LogP contribution < -0.4 is 20.3 Å². The van der Waals surface area contributed by atoms with Gasteiger partial charge in [-0.1, -0.05) is 0 Å². The van der Waals surface area contributed by atoms with Crippen molar-refractivity contribution < 1.29 is 13.9 Å². The van der Waals surface area contributed by atoms with Crippen molar-refractivity contribution in [3.05, 3.63) is 42.1 Å². The van der Waals surface area contributed by atoms with Crippen molar-refractivity contribution in [3.63, 3.8) is 0 Å². The number of piperazine rings is 1. The predicted octanol–water partition coefficient (Wildman–Crippen LogP) is 2.50. The van der Waals surface area contributed by atoms with Gasteiger partial charge in [-0.05, 0) is 26.0 Å². The second kappa shape index (κ2) is 8.49. The average Bonchev–Trinajstić information content (AvgIpc) is 3.18. The number of halogens is 1. The molecule has 0 bridgehead atoms. The fourth-order valence-electron chi connectivity index (χ4n) is 4.49. The van der Waals surface area contributed by atoms with Crippen LogP contribution in [0, 0.1) is 5.82 Å². The number of nitrogens with zero attached hydrogens (tertiary/aromatic N) is 6. The van der Waals surface area contributed by atoms with E-state index >= 15 is 0 Å². The van der Waals surface area contributed by atoms with Gasteiger partial charge in [0.05, 0.1) is 23.6 Å². The molecule has 11 heteroatoms. The van der Waals surface area contributed by atoms with Crippen molar-refractivity contribution in [2.45, 2.75) is 25.9 Å². The van der Waals surface area contributed by atoms with Crippen molar-refractivity contribution in [1.82, 2.24) is 30.0 Å². The van der Waals surface area contributed by atoms with E-state index in [2.05, 4.69) is 49.4 Å². The summed E-state index contributed by atoms with van der Waals surface area (Å²) in [4.78, 5) is 28.7. The number of pyridine rings is 1. The molecule has 176 valence electrons. The van der Waals surface area contributed by atoms with E-state index < -0.39 is 11.7 Å². The van der Waals surface area contributed by atoms with Crippen LogP contribution in [0.3, 0.4) is 0 Å². The van der Waals surface area contributed by atoms with Crippen LogP contribution in [0.15, 0.2) is 30.7 Å². The highest BCUT2D eigenvalue weighted by atomic mass is 19.1. The zero-order chi connectivity index (χ0) is 24.0. The predicted molar refractivity (Wildman–Crippen MR) is 127 cm³/mol. The summed E-state index contributed by atoms with van der Waals surface area (Å²) in [7, 11) is 3.18. The van der Waals surface area contributed by atoms with E-state index in [1.165, 1.54) is 24.1 Å². The van der Waals surface area contributed by atoms with Gasteiger partial charge in [0.15, 0.2) is 5.82 Å². The third-order valence-electron chi connectivity index (χ3n) is 5.80. The molecule has 1 aliphatic rings. The number of benzene rings is 1. The molecule has 0 aliphatic carbocycles. The summed E-state index contributed by atoms with van der Waals surface area (Å²) in [5.41, 5.74) is 1.21. The number of carbonyl (C=O) groups excluding carboxylic acids is 1. The Kier molecular flexibility index (Phi) is 5.48. The molecule has 0 unspecified atom stereocenters. The van der Waals surface area contributed by atoms with E-state index in [1.807, 2.05) is 0 Å². The number of hydrogen-bond donors (Lipinski definition) is 2. The Morgan fingerprint density at radius 3 is 2.68 bits per heavy atom. The molecule has 1 fully saturated rings. The molecular formula is C23H25FN8O2. The first-order valence-corrected chi connectivity index (χ1v) is 11.0. The number of rotatable bonds is 4. The first-order valence-electron chi connectivity index (χ1n) is 11.0. The molecule has 4 heterocycles. The van der Waals surface area contributed by atoms with Crippen LogP contribution in [0.2, 0.25) is 0 Å². The van der Waals surface area contributed by atoms with Crippen molar-refractivity contribution >= 4 is 39.2 Å². The monoisotopic (exact) mass is 464 g/mol. The summed E-state index contributed by atoms with van der Waals surface area (Å²) in [6.45, 7) is 5.75. The van der Waals surface area contributed by atoms with Gasteiger partial charge in [-0.15, -0.1) is 0 Å². The standard InChI is InChI=1S/C23H25FN8O2/c1-12-9-32(10-13(2)27-12)21-16-7-26-23(34-4)29-20(16)17(8-25-21)22(33)28-15-5-14-11-31(3)30-19(14)18(24)6-15/h5-8,11-13,27H,9-10H2,1-4H3,(H,28,33)/t12-,13+. The smallest absolute Gasteiger partial charge is 0.316 e. The Bertz CT molecular complexity index is 1400. The molecule has 1 aromatic carbocycles. The molecule has 0 spiro atoms. The normalized spacial score (nSPS) is 18.4. The van der Waals surface area contributed by atoms with Crippen LogP contribution in [0.4, 0.5) is 15.9 Å². The van der Waals surface area contributed by atoms with Gasteiger partial charge >= 0.3 is 6.01 Å². The van der Waals surface area contributed by atoms with Gasteiger partial charge in [-0.3, -0.25) is 9.48 Å². The van der Waals surface area contributed by atoms with E-state index in [9.17, 15) is 9.18 Å². The topological polar surface area (TPSA) is 110 Å². The number of fused-ring (bicyclic) bond motifs is 2. The lowest BCUT2D eigenvalue weighted by Crippen LogP contribution is -2.54. The van der Waals surface area contributed by atoms with Crippen LogP contribution in [0.25, 0.3) is 21.8 Å². The van der Waals surface area contributed by atoms with Gasteiger partial charge < -0.3 is 20.3 Å². The Hall–Kier alpha value is -3.86. The second-order valence-corrected chi connectivity index (χ2v) is 8.64. The van der Waals surface area contributed by atoms with Gasteiger partial charge in [0.1, 0.15) is 11.3 Å². The van der Waals surface area contributed by atoms with E-state index in [-0.39, 0.29) is 29.2 Å². The highest BCUT2D eigenvalue weighted by Gasteiger charge is 2.26. The van der Waals surface area contributed by atoms with Gasteiger partial charge in [0.2, 0.25) is 0 Å². The molecule has 4 aromatic rings. The number of ether oxygens (including phenoxy) is 1. The van der Waals surface area contributed by atoms with E-state index in [4.69, 9.17) is 4.74 Å². The Morgan fingerprint density at radius 1 is 1.18 bits per heavy atom. The average molecular weight is 465 g/mol. The number of aromatic nitrogens is 5. The maximum absolute atomic E-state index is 14.5. The first-order chi connectivity index (χ1) is 16.3. The lowest BCUT2D eigenvalue weighted by molar-refractivity contribution is 0.102. The largest absolute Gasteiger partial charge is 0.467 e. The first kappa shape index (κ1) is 22.0. The number of amides is 1. The molecule has 2 N–H and O–H groups in total. The zero-order valence-corrected chi connectivity index (χ0v) is 19.3. The van der Waals surface area contributed by atoms with Crippen LogP contribution in [0.5, 0.6) is 6.01 Å². The summed E-state index contributed by atoms with van der Waals surface area (Å²) in [6.07, 6.45) is 4.81. The SMILES string of the molecule is COc1ncc2c(N3C[C@@H](C)N[C@@H](C)C3)ncc(C(=O)Nc3cc(F)c4nn(C)cc4c3)c2n1. The number of anilines is 2. The lowest BCUT2D eigenvalue weighted by atomic mass is 10.1. The molecule has 1 aliphatic heterocycles. The third-order valence-corrected chi connectivity index (χ3v) is 5.80. The minimum Gasteiger partial charge on any atom is -0.467 e. The lowest BCUT2D eigenvalue weighted by Gasteiger charge is -2.37.